The van der Waals surface area contributed by atoms with Crippen LogP contribution in [0.2, 0.25) is 0 Å². The third-order valence-electron chi connectivity index (χ3n) is 4.43. The van der Waals surface area contributed by atoms with Crippen LogP contribution in [0.5, 0.6) is 5.75 Å². The highest BCUT2D eigenvalue weighted by Crippen LogP contribution is 2.18. The Morgan fingerprint density at radius 1 is 1.00 bits per heavy atom. The Hall–Kier alpha value is -4.11. The summed E-state index contributed by atoms with van der Waals surface area (Å²) in [5.41, 5.74) is 2.19. The Labute approximate surface area is 175 Å². The molecule has 0 bridgehead atoms. The van der Waals surface area contributed by atoms with E-state index in [0.717, 1.165) is 5.56 Å². The van der Waals surface area contributed by atoms with Crippen molar-refractivity contribution >= 4 is 17.5 Å². The van der Waals surface area contributed by atoms with Crippen molar-refractivity contribution in [1.29, 1.82) is 5.26 Å². The third kappa shape index (κ3) is 5.46. The van der Waals surface area contributed by atoms with Gasteiger partial charge in [-0.05, 0) is 42.8 Å². The minimum absolute atomic E-state index is 0.182. The van der Waals surface area contributed by atoms with Crippen molar-refractivity contribution < 1.29 is 14.3 Å². The van der Waals surface area contributed by atoms with Crippen molar-refractivity contribution in [2.75, 3.05) is 11.9 Å². The van der Waals surface area contributed by atoms with Crippen LogP contribution >= 0.6 is 0 Å². The molecule has 0 spiro atoms. The molecule has 3 rings (SSSR count). The summed E-state index contributed by atoms with van der Waals surface area (Å²) in [5.74, 6) is -0.273. The van der Waals surface area contributed by atoms with Gasteiger partial charge in [0.2, 0.25) is 0 Å². The first-order valence-electron chi connectivity index (χ1n) is 9.44. The average molecular weight is 399 g/mol. The Kier molecular flexibility index (Phi) is 6.80. The Morgan fingerprint density at radius 2 is 1.73 bits per heavy atom. The number of nitrogens with one attached hydrogen (secondary N) is 2. The number of hydrogen-bond acceptors (Lipinski definition) is 4. The van der Waals surface area contributed by atoms with Crippen molar-refractivity contribution in [1.82, 2.24) is 5.32 Å². The lowest BCUT2D eigenvalue weighted by Gasteiger charge is -2.16. The number of hydrogen-bond donors (Lipinski definition) is 2. The van der Waals surface area contributed by atoms with E-state index >= 15 is 0 Å². The molecule has 0 aliphatic heterocycles. The Balaban J connectivity index is 1.63. The zero-order valence-corrected chi connectivity index (χ0v) is 16.5. The summed E-state index contributed by atoms with van der Waals surface area (Å²) in [6, 6.07) is 24.8. The molecule has 30 heavy (non-hydrogen) atoms. The van der Waals surface area contributed by atoms with Crippen molar-refractivity contribution in [3.8, 4) is 11.8 Å². The molecule has 2 N–H and O–H groups in total. The fourth-order valence-corrected chi connectivity index (χ4v) is 2.88. The molecule has 0 aliphatic rings. The van der Waals surface area contributed by atoms with Gasteiger partial charge in [-0.15, -0.1) is 0 Å². The van der Waals surface area contributed by atoms with Gasteiger partial charge in [-0.25, -0.2) is 0 Å². The number of nitriles is 1. The van der Waals surface area contributed by atoms with Crippen molar-refractivity contribution in [2.45, 2.75) is 13.0 Å². The average Bonchev–Trinajstić information content (AvgIpc) is 2.78. The van der Waals surface area contributed by atoms with Crippen molar-refractivity contribution in [2.24, 2.45) is 0 Å². The largest absolute Gasteiger partial charge is 0.484 e. The van der Waals surface area contributed by atoms with Gasteiger partial charge in [0, 0.05) is 0 Å². The van der Waals surface area contributed by atoms with E-state index in [0.29, 0.717) is 22.6 Å². The number of ether oxygens (including phenoxy) is 1. The van der Waals surface area contributed by atoms with Crippen LogP contribution in [0.15, 0.2) is 78.9 Å². The van der Waals surface area contributed by atoms with Crippen LogP contribution in [-0.2, 0) is 4.79 Å². The maximum absolute atomic E-state index is 12.8. The summed E-state index contributed by atoms with van der Waals surface area (Å²) >= 11 is 0. The van der Waals surface area contributed by atoms with Crippen LogP contribution in [0.3, 0.4) is 0 Å². The van der Waals surface area contributed by atoms with Gasteiger partial charge in [0.25, 0.3) is 11.8 Å². The third-order valence-corrected chi connectivity index (χ3v) is 4.43. The number of carbonyl (C=O) groups excluding carboxylic acids is 2. The molecule has 0 heterocycles. The van der Waals surface area contributed by atoms with Crippen molar-refractivity contribution in [3.05, 3.63) is 95.6 Å². The summed E-state index contributed by atoms with van der Waals surface area (Å²) in [5, 5.41) is 14.6. The van der Waals surface area contributed by atoms with E-state index in [1.807, 2.05) is 43.3 Å². The molecule has 3 aromatic carbocycles. The van der Waals surface area contributed by atoms with E-state index in [-0.39, 0.29) is 18.6 Å². The predicted molar refractivity (Wildman–Crippen MR) is 114 cm³/mol. The first-order chi connectivity index (χ1) is 14.6. The van der Waals surface area contributed by atoms with E-state index in [2.05, 4.69) is 10.6 Å². The predicted octanol–water partition coefficient (Wildman–Crippen LogP) is 4.07. The monoisotopic (exact) mass is 399 g/mol. The number of nitrogens with zero attached hydrogens (tertiary/aromatic N) is 1. The standard InChI is InChI=1S/C24H21N3O3/c1-17(19-9-3-2-4-10-19)26-24(29)21-12-5-6-13-22(21)27-23(28)16-30-20-11-7-8-18(14-20)15-25/h2-14,17H,16H2,1H3,(H,26,29)(H,27,28). The lowest BCUT2D eigenvalue weighted by Crippen LogP contribution is -2.28. The fraction of sp³-hybridized carbons (Fsp3) is 0.125. The summed E-state index contributed by atoms with van der Waals surface area (Å²) in [6.45, 7) is 1.66. The molecule has 0 aliphatic carbocycles. The number of amides is 2. The maximum atomic E-state index is 12.8. The van der Waals surface area contributed by atoms with Crippen LogP contribution in [0.1, 0.15) is 34.5 Å². The molecule has 3 aromatic rings. The molecule has 0 radical (unpaired) electrons. The van der Waals surface area contributed by atoms with E-state index < -0.39 is 5.91 Å². The summed E-state index contributed by atoms with van der Waals surface area (Å²) in [4.78, 5) is 25.1. The normalized spacial score (nSPS) is 11.1. The Morgan fingerprint density at radius 3 is 2.50 bits per heavy atom. The lowest BCUT2D eigenvalue weighted by molar-refractivity contribution is -0.118. The second-order valence-corrected chi connectivity index (χ2v) is 6.63. The van der Waals surface area contributed by atoms with E-state index in [1.165, 1.54) is 0 Å². The highest BCUT2D eigenvalue weighted by atomic mass is 16.5. The zero-order chi connectivity index (χ0) is 21.3. The molecule has 0 saturated heterocycles. The van der Waals surface area contributed by atoms with E-state index in [9.17, 15) is 9.59 Å². The van der Waals surface area contributed by atoms with Gasteiger partial charge in [0.1, 0.15) is 5.75 Å². The van der Waals surface area contributed by atoms with Crippen molar-refractivity contribution in [3.63, 3.8) is 0 Å². The first-order valence-corrected chi connectivity index (χ1v) is 9.44. The molecule has 2 amide bonds. The topological polar surface area (TPSA) is 91.2 Å². The van der Waals surface area contributed by atoms with E-state index in [4.69, 9.17) is 10.00 Å². The first kappa shape index (κ1) is 20.6. The smallest absolute Gasteiger partial charge is 0.262 e. The minimum Gasteiger partial charge on any atom is -0.484 e. The van der Waals surface area contributed by atoms with Crippen LogP contribution in [0.4, 0.5) is 5.69 Å². The van der Waals surface area contributed by atoms with Gasteiger partial charge in [0.15, 0.2) is 6.61 Å². The molecular weight excluding hydrogens is 378 g/mol. The molecule has 1 unspecified atom stereocenters. The van der Waals surface area contributed by atoms with Crippen LogP contribution in [0, 0.1) is 11.3 Å². The number of anilines is 1. The number of carbonyl (C=O) groups is 2. The summed E-state index contributed by atoms with van der Waals surface area (Å²) < 4.78 is 5.44. The summed E-state index contributed by atoms with van der Waals surface area (Å²) in [7, 11) is 0. The van der Waals surface area contributed by atoms with Gasteiger partial charge in [0.05, 0.1) is 28.9 Å². The molecule has 0 fully saturated rings. The van der Waals surface area contributed by atoms with Gasteiger partial charge >= 0.3 is 0 Å². The van der Waals surface area contributed by atoms with Crippen LogP contribution in [0.25, 0.3) is 0 Å². The molecular formula is C24H21N3O3. The molecule has 6 nitrogen and oxygen atoms in total. The van der Waals surface area contributed by atoms with Crippen LogP contribution < -0.4 is 15.4 Å². The SMILES string of the molecule is CC(NC(=O)c1ccccc1NC(=O)COc1cccc(C#N)c1)c1ccccc1. The zero-order valence-electron chi connectivity index (χ0n) is 16.5. The van der Waals surface area contributed by atoms with Gasteiger partial charge in [-0.1, -0.05) is 48.5 Å². The molecule has 1 atom stereocenters. The number of para-hydroxylation sites is 1. The molecule has 6 heteroatoms. The Bertz CT molecular complexity index is 1070. The highest BCUT2D eigenvalue weighted by Gasteiger charge is 2.16. The fourth-order valence-electron chi connectivity index (χ4n) is 2.88. The van der Waals surface area contributed by atoms with E-state index in [1.54, 1.807) is 48.5 Å². The molecule has 150 valence electrons. The molecule has 0 saturated carbocycles. The van der Waals surface area contributed by atoms with Gasteiger partial charge in [-0.2, -0.15) is 5.26 Å². The second kappa shape index (κ2) is 9.89. The maximum Gasteiger partial charge on any atom is 0.262 e. The highest BCUT2D eigenvalue weighted by molar-refractivity contribution is 6.04. The molecule has 0 aromatic heterocycles. The lowest BCUT2D eigenvalue weighted by atomic mass is 10.1. The van der Waals surface area contributed by atoms with Gasteiger partial charge < -0.3 is 15.4 Å². The minimum atomic E-state index is -0.409. The quantitative estimate of drug-likeness (QED) is 0.627. The number of rotatable bonds is 7. The summed E-state index contributed by atoms with van der Waals surface area (Å²) in [6.07, 6.45) is 0. The second-order valence-electron chi connectivity index (χ2n) is 6.63. The van der Waals surface area contributed by atoms with Crippen LogP contribution in [-0.4, -0.2) is 18.4 Å². The van der Waals surface area contributed by atoms with Gasteiger partial charge in [-0.3, -0.25) is 9.59 Å². The number of benzene rings is 3.